The normalized spacial score (nSPS) is 13.7. The molecule has 3 heteroatoms. The molecule has 0 fully saturated rings. The minimum Gasteiger partial charge on any atom is -0.377 e. The molecule has 0 heterocycles. The van der Waals surface area contributed by atoms with E-state index < -0.39 is 0 Å². The number of likely N-dealkylation sites (N-methyl/N-ethyl adjacent to an activating group) is 1. The fourth-order valence-corrected chi connectivity index (χ4v) is 3.48. The van der Waals surface area contributed by atoms with Crippen LogP contribution < -0.4 is 5.43 Å². The number of hydrogen-bond donors (Lipinski definition) is 1. The van der Waals surface area contributed by atoms with Gasteiger partial charge in [-0.25, -0.2) is 0 Å². The molecule has 1 aliphatic carbocycles. The second kappa shape index (κ2) is 7.50. The Labute approximate surface area is 160 Å². The number of anilines is 1. The van der Waals surface area contributed by atoms with E-state index >= 15 is 0 Å². The van der Waals surface area contributed by atoms with Crippen LogP contribution in [-0.4, -0.2) is 25.2 Å². The largest absolute Gasteiger partial charge is 0.377 e. The van der Waals surface area contributed by atoms with Crippen LogP contribution in [0.4, 0.5) is 5.69 Å². The maximum Gasteiger partial charge on any atom is 0.0568 e. The van der Waals surface area contributed by atoms with E-state index in [1.165, 1.54) is 27.6 Å². The summed E-state index contributed by atoms with van der Waals surface area (Å²) in [7, 11) is 4.17. The quantitative estimate of drug-likeness (QED) is 0.483. The number of benzene rings is 3. The van der Waals surface area contributed by atoms with Crippen LogP contribution in [0.2, 0.25) is 0 Å². The third-order valence-corrected chi connectivity index (χ3v) is 4.82. The average molecular weight is 353 g/mol. The van der Waals surface area contributed by atoms with Gasteiger partial charge in [-0.1, -0.05) is 60.7 Å². The first kappa shape index (κ1) is 17.1. The molecule has 3 nitrogen and oxygen atoms in total. The Morgan fingerprint density at radius 1 is 0.926 bits per heavy atom. The fourth-order valence-electron chi connectivity index (χ4n) is 3.48. The zero-order chi connectivity index (χ0) is 18.6. The molecule has 0 unspecified atom stereocenters. The molecule has 0 radical (unpaired) electrons. The van der Waals surface area contributed by atoms with Crippen molar-refractivity contribution in [3.05, 3.63) is 95.7 Å². The van der Waals surface area contributed by atoms with Gasteiger partial charge in [0, 0.05) is 25.4 Å². The Kier molecular flexibility index (Phi) is 4.75. The van der Waals surface area contributed by atoms with E-state index in [9.17, 15) is 0 Å². The molecule has 4 rings (SSSR count). The number of fused-ring (bicyclic) bond motifs is 1. The minimum absolute atomic E-state index is 0.955. The van der Waals surface area contributed by atoms with Gasteiger partial charge in [0.05, 0.1) is 11.9 Å². The van der Waals surface area contributed by atoms with Gasteiger partial charge in [-0.2, -0.15) is 5.10 Å². The molecule has 1 aliphatic rings. The highest BCUT2D eigenvalue weighted by molar-refractivity contribution is 5.91. The maximum absolute atomic E-state index is 4.49. The van der Waals surface area contributed by atoms with Crippen LogP contribution in [0.15, 0.2) is 89.7 Å². The smallest absolute Gasteiger partial charge is 0.0568 e. The van der Waals surface area contributed by atoms with E-state index in [1.54, 1.807) is 0 Å². The molecule has 27 heavy (non-hydrogen) atoms. The third-order valence-electron chi connectivity index (χ3n) is 4.82. The third kappa shape index (κ3) is 3.63. The number of nitrogens with one attached hydrogen (secondary N) is 1. The first-order chi connectivity index (χ1) is 13.2. The van der Waals surface area contributed by atoms with Crippen molar-refractivity contribution < 1.29 is 0 Å². The van der Waals surface area contributed by atoms with Crippen LogP contribution >= 0.6 is 0 Å². The van der Waals surface area contributed by atoms with Gasteiger partial charge in [0.15, 0.2) is 0 Å². The molecule has 0 saturated carbocycles. The van der Waals surface area contributed by atoms with E-state index in [0.717, 1.165) is 17.7 Å². The lowest BCUT2D eigenvalue weighted by molar-refractivity contribution is 0.533. The SMILES string of the molecule is CN(C)C1=C(c2ccccc2C=NNc2ccc3ccccc3c2)CC=C1. The zero-order valence-electron chi connectivity index (χ0n) is 15.7. The number of hydrogen-bond acceptors (Lipinski definition) is 3. The minimum atomic E-state index is 0.955. The van der Waals surface area contributed by atoms with Gasteiger partial charge >= 0.3 is 0 Å². The molecule has 3 aromatic carbocycles. The van der Waals surface area contributed by atoms with Gasteiger partial charge in [0.25, 0.3) is 0 Å². The average Bonchev–Trinajstić information content (AvgIpc) is 3.18. The lowest BCUT2D eigenvalue weighted by Crippen LogP contribution is -2.10. The molecule has 134 valence electrons. The van der Waals surface area contributed by atoms with Crippen molar-refractivity contribution in [3.63, 3.8) is 0 Å². The van der Waals surface area contributed by atoms with Gasteiger partial charge in [-0.3, -0.25) is 5.43 Å². The predicted octanol–water partition coefficient (Wildman–Crippen LogP) is 5.52. The molecule has 0 atom stereocenters. The summed E-state index contributed by atoms with van der Waals surface area (Å²) in [4.78, 5) is 2.17. The van der Waals surface area contributed by atoms with Crippen molar-refractivity contribution in [1.82, 2.24) is 4.90 Å². The van der Waals surface area contributed by atoms with Crippen molar-refractivity contribution in [1.29, 1.82) is 0 Å². The van der Waals surface area contributed by atoms with E-state index in [-0.39, 0.29) is 0 Å². The van der Waals surface area contributed by atoms with Gasteiger partial charge in [-0.05, 0) is 46.5 Å². The summed E-state index contributed by atoms with van der Waals surface area (Å²) in [5.41, 5.74) is 9.10. The highest BCUT2D eigenvalue weighted by Crippen LogP contribution is 2.31. The fraction of sp³-hybridized carbons (Fsp3) is 0.125. The topological polar surface area (TPSA) is 27.6 Å². The Bertz CT molecular complexity index is 1060. The number of rotatable bonds is 5. The van der Waals surface area contributed by atoms with Crippen LogP contribution in [-0.2, 0) is 0 Å². The predicted molar refractivity (Wildman–Crippen MR) is 116 cm³/mol. The van der Waals surface area contributed by atoms with E-state index in [0.29, 0.717) is 0 Å². The van der Waals surface area contributed by atoms with Crippen LogP contribution in [0.1, 0.15) is 17.5 Å². The van der Waals surface area contributed by atoms with E-state index in [2.05, 4.69) is 108 Å². The molecule has 0 aromatic heterocycles. The van der Waals surface area contributed by atoms with Crippen LogP contribution in [0.25, 0.3) is 16.3 Å². The summed E-state index contributed by atoms with van der Waals surface area (Å²) in [6.07, 6.45) is 7.27. The highest BCUT2D eigenvalue weighted by atomic mass is 15.3. The molecule has 0 bridgehead atoms. The van der Waals surface area contributed by atoms with Crippen molar-refractivity contribution >= 4 is 28.2 Å². The van der Waals surface area contributed by atoms with Gasteiger partial charge < -0.3 is 4.90 Å². The summed E-state index contributed by atoms with van der Waals surface area (Å²) >= 11 is 0. The summed E-state index contributed by atoms with van der Waals surface area (Å²) in [5, 5.41) is 6.92. The van der Waals surface area contributed by atoms with Crippen molar-refractivity contribution in [2.24, 2.45) is 5.10 Å². The Balaban J connectivity index is 1.58. The van der Waals surface area contributed by atoms with Crippen molar-refractivity contribution in [3.8, 4) is 0 Å². The highest BCUT2D eigenvalue weighted by Gasteiger charge is 2.15. The molecular formula is C24H23N3. The first-order valence-corrected chi connectivity index (χ1v) is 9.17. The summed E-state index contributed by atoms with van der Waals surface area (Å²) in [5.74, 6) is 0. The number of nitrogens with zero attached hydrogens (tertiary/aromatic N) is 2. The van der Waals surface area contributed by atoms with E-state index in [4.69, 9.17) is 0 Å². The van der Waals surface area contributed by atoms with E-state index in [1.807, 2.05) is 6.21 Å². The lowest BCUT2D eigenvalue weighted by Gasteiger charge is -2.17. The second-order valence-corrected chi connectivity index (χ2v) is 6.88. The molecule has 0 amide bonds. The lowest BCUT2D eigenvalue weighted by atomic mass is 9.98. The zero-order valence-corrected chi connectivity index (χ0v) is 15.7. The van der Waals surface area contributed by atoms with Crippen LogP contribution in [0.5, 0.6) is 0 Å². The molecule has 1 N–H and O–H groups in total. The number of allylic oxidation sites excluding steroid dienone is 3. The molecule has 0 spiro atoms. The Morgan fingerprint density at radius 2 is 1.70 bits per heavy atom. The Morgan fingerprint density at radius 3 is 2.56 bits per heavy atom. The van der Waals surface area contributed by atoms with Crippen LogP contribution in [0.3, 0.4) is 0 Å². The summed E-state index contributed by atoms with van der Waals surface area (Å²) in [6.45, 7) is 0. The second-order valence-electron chi connectivity index (χ2n) is 6.88. The van der Waals surface area contributed by atoms with Crippen molar-refractivity contribution in [2.45, 2.75) is 6.42 Å². The molecule has 0 saturated heterocycles. The summed E-state index contributed by atoms with van der Waals surface area (Å²) in [6, 6.07) is 23.0. The first-order valence-electron chi connectivity index (χ1n) is 9.17. The monoisotopic (exact) mass is 353 g/mol. The van der Waals surface area contributed by atoms with Crippen molar-refractivity contribution in [2.75, 3.05) is 19.5 Å². The van der Waals surface area contributed by atoms with Gasteiger partial charge in [-0.15, -0.1) is 0 Å². The standard InChI is InChI=1S/C24H23N3/c1-27(2)24-13-7-12-23(24)22-11-6-5-10-20(22)17-25-26-21-15-14-18-8-3-4-9-19(18)16-21/h3-11,13-17,26H,12H2,1-2H3. The maximum atomic E-state index is 4.49. The van der Waals surface area contributed by atoms with Gasteiger partial charge in [0.1, 0.15) is 0 Å². The van der Waals surface area contributed by atoms with Crippen LogP contribution in [0, 0.1) is 0 Å². The number of hydrazone groups is 1. The molecular weight excluding hydrogens is 330 g/mol. The molecule has 0 aliphatic heterocycles. The summed E-state index contributed by atoms with van der Waals surface area (Å²) < 4.78 is 0. The molecule has 3 aromatic rings. The van der Waals surface area contributed by atoms with Gasteiger partial charge in [0.2, 0.25) is 0 Å². The Hall–Kier alpha value is -3.33.